The number of Topliss-reactive ketones (excluding diaryl/α,β-unsaturated/α-hetero) is 1. The van der Waals surface area contributed by atoms with Crippen molar-refractivity contribution in [3.05, 3.63) is 69.3 Å². The maximum absolute atomic E-state index is 15.7. The molecule has 5 rings (SSSR count). The van der Waals surface area contributed by atoms with Gasteiger partial charge in [0.05, 0.1) is 23.8 Å². The first-order valence-corrected chi connectivity index (χ1v) is 15.2. The van der Waals surface area contributed by atoms with Crippen LogP contribution in [0.25, 0.3) is 10.9 Å². The normalized spacial score (nSPS) is 15.3. The van der Waals surface area contributed by atoms with E-state index in [4.69, 9.17) is 4.74 Å². The molecule has 3 heterocycles. The van der Waals surface area contributed by atoms with E-state index < -0.39 is 22.8 Å². The SMILES string of the molecule is CCn1cc(C(=O)O)c(=O)c2cc(F)c(N3CCN(c4nnc(SCC(=O)c5ccc(C)cc5)s4)C(C)C3)c(OC)c21. The van der Waals surface area contributed by atoms with Crippen molar-refractivity contribution in [3.8, 4) is 5.75 Å². The minimum Gasteiger partial charge on any atom is -0.492 e. The molecule has 2 aromatic carbocycles. The molecule has 10 nitrogen and oxygen atoms in total. The van der Waals surface area contributed by atoms with E-state index in [1.807, 2.05) is 49.9 Å². The molecule has 0 saturated carbocycles. The van der Waals surface area contributed by atoms with Crippen molar-refractivity contribution in [3.63, 3.8) is 0 Å². The van der Waals surface area contributed by atoms with Gasteiger partial charge in [-0.25, -0.2) is 9.18 Å². The van der Waals surface area contributed by atoms with Crippen molar-refractivity contribution in [2.75, 3.05) is 42.3 Å². The first-order valence-electron chi connectivity index (χ1n) is 13.4. The Morgan fingerprint density at radius 3 is 2.60 bits per heavy atom. The van der Waals surface area contributed by atoms with Gasteiger partial charge >= 0.3 is 5.97 Å². The molecule has 1 aliphatic rings. The Morgan fingerprint density at radius 2 is 1.95 bits per heavy atom. The molecule has 1 atom stereocenters. The number of methoxy groups -OCH3 is 1. The number of hydrogen-bond donors (Lipinski definition) is 1. The molecule has 0 aliphatic carbocycles. The summed E-state index contributed by atoms with van der Waals surface area (Å²) in [7, 11) is 1.41. The van der Waals surface area contributed by atoms with Crippen molar-refractivity contribution < 1.29 is 23.8 Å². The van der Waals surface area contributed by atoms with Gasteiger partial charge < -0.3 is 24.2 Å². The number of nitrogens with zero attached hydrogens (tertiary/aromatic N) is 5. The summed E-state index contributed by atoms with van der Waals surface area (Å²) in [5, 5.41) is 18.8. The molecule has 0 amide bonds. The van der Waals surface area contributed by atoms with Crippen molar-refractivity contribution in [2.24, 2.45) is 0 Å². The maximum Gasteiger partial charge on any atom is 0.341 e. The topological polar surface area (TPSA) is 118 Å². The van der Waals surface area contributed by atoms with E-state index >= 15 is 4.39 Å². The zero-order chi connectivity index (χ0) is 30.1. The zero-order valence-corrected chi connectivity index (χ0v) is 25.2. The number of ketones is 1. The van der Waals surface area contributed by atoms with E-state index in [2.05, 4.69) is 15.1 Å². The highest BCUT2D eigenvalue weighted by molar-refractivity contribution is 8.01. The molecule has 13 heteroatoms. The van der Waals surface area contributed by atoms with Crippen molar-refractivity contribution >= 4 is 56.6 Å². The summed E-state index contributed by atoms with van der Waals surface area (Å²) >= 11 is 2.77. The van der Waals surface area contributed by atoms with Gasteiger partial charge in [-0.2, -0.15) is 0 Å². The van der Waals surface area contributed by atoms with E-state index in [0.29, 0.717) is 41.6 Å². The number of halogens is 1. The fraction of sp³-hybridized carbons (Fsp3) is 0.345. The third-order valence-corrected chi connectivity index (χ3v) is 9.40. The predicted octanol–water partition coefficient (Wildman–Crippen LogP) is 4.72. The van der Waals surface area contributed by atoms with Gasteiger partial charge in [0, 0.05) is 44.0 Å². The van der Waals surface area contributed by atoms with Crippen molar-refractivity contribution in [1.29, 1.82) is 0 Å². The Hall–Kier alpha value is -3.97. The molecule has 4 aromatic rings. The molecule has 1 saturated heterocycles. The van der Waals surface area contributed by atoms with Gasteiger partial charge in [0.15, 0.2) is 21.7 Å². The van der Waals surface area contributed by atoms with Gasteiger partial charge in [-0.1, -0.05) is 52.9 Å². The van der Waals surface area contributed by atoms with Crippen LogP contribution in [0.4, 0.5) is 15.2 Å². The van der Waals surface area contributed by atoms with Crippen LogP contribution >= 0.6 is 23.1 Å². The summed E-state index contributed by atoms with van der Waals surface area (Å²) in [4.78, 5) is 41.1. The number of carbonyl (C=O) groups is 2. The second-order valence-electron chi connectivity index (χ2n) is 10.0. The fourth-order valence-corrected chi connectivity index (χ4v) is 7.01. The number of rotatable bonds is 9. The third-order valence-electron chi connectivity index (χ3n) is 7.30. The van der Waals surface area contributed by atoms with Crippen molar-refractivity contribution in [1.82, 2.24) is 14.8 Å². The second kappa shape index (κ2) is 12.1. The average Bonchev–Trinajstić information content (AvgIpc) is 3.44. The summed E-state index contributed by atoms with van der Waals surface area (Å²) in [5.74, 6) is -1.55. The van der Waals surface area contributed by atoms with E-state index in [0.717, 1.165) is 16.8 Å². The number of aryl methyl sites for hydroxylation is 2. The lowest BCUT2D eigenvalue weighted by Gasteiger charge is -2.41. The number of carboxylic acids is 1. The highest BCUT2D eigenvalue weighted by Crippen LogP contribution is 2.40. The largest absolute Gasteiger partial charge is 0.492 e. The summed E-state index contributed by atoms with van der Waals surface area (Å²) < 4.78 is 23.6. The number of carbonyl (C=O) groups excluding carboxylic acids is 1. The fourth-order valence-electron chi connectivity index (χ4n) is 5.15. The van der Waals surface area contributed by atoms with Gasteiger partial charge in [-0.05, 0) is 26.8 Å². The van der Waals surface area contributed by atoms with Crippen LogP contribution < -0.4 is 20.0 Å². The lowest BCUT2D eigenvalue weighted by molar-refractivity contribution is 0.0694. The van der Waals surface area contributed by atoms with Crippen LogP contribution in [-0.4, -0.2) is 70.2 Å². The molecule has 1 unspecified atom stereocenters. The molecule has 42 heavy (non-hydrogen) atoms. The predicted molar refractivity (Wildman–Crippen MR) is 163 cm³/mol. The third kappa shape index (κ3) is 5.58. The number of piperazine rings is 1. The van der Waals surface area contributed by atoms with Gasteiger partial charge in [0.1, 0.15) is 11.3 Å². The number of aromatic carboxylic acids is 1. The molecule has 2 aromatic heterocycles. The van der Waals surface area contributed by atoms with Gasteiger partial charge in [0.2, 0.25) is 10.6 Å². The average molecular weight is 612 g/mol. The molecular formula is C29H30FN5O5S2. The molecule has 0 spiro atoms. The maximum atomic E-state index is 15.7. The zero-order valence-electron chi connectivity index (χ0n) is 23.6. The van der Waals surface area contributed by atoms with Crippen molar-refractivity contribution in [2.45, 2.75) is 37.7 Å². The molecule has 0 bridgehead atoms. The number of pyridine rings is 1. The van der Waals surface area contributed by atoms with Gasteiger partial charge in [-0.3, -0.25) is 9.59 Å². The van der Waals surface area contributed by atoms with Crippen LogP contribution in [0.3, 0.4) is 0 Å². The number of thioether (sulfide) groups is 1. The minimum atomic E-state index is -1.37. The van der Waals surface area contributed by atoms with Gasteiger partial charge in [0.25, 0.3) is 0 Å². The highest BCUT2D eigenvalue weighted by Gasteiger charge is 2.31. The molecule has 1 fully saturated rings. The number of benzene rings is 2. The quantitative estimate of drug-likeness (QED) is 0.211. The second-order valence-corrected chi connectivity index (χ2v) is 12.2. The lowest BCUT2D eigenvalue weighted by atomic mass is 10.1. The molecule has 220 valence electrons. The summed E-state index contributed by atoms with van der Waals surface area (Å²) in [6.07, 6.45) is 1.27. The Bertz CT molecular complexity index is 1720. The lowest BCUT2D eigenvalue weighted by Crippen LogP contribution is -2.52. The number of hydrogen-bond acceptors (Lipinski definition) is 10. The Balaban J connectivity index is 1.35. The van der Waals surface area contributed by atoms with E-state index in [1.54, 1.807) is 4.57 Å². The first-order chi connectivity index (χ1) is 20.1. The minimum absolute atomic E-state index is 0.0257. The van der Waals surface area contributed by atoms with Crippen LogP contribution in [0, 0.1) is 12.7 Å². The standard InChI is InChI=1S/C29H30FN5O5S2/c1-5-33-14-20(27(38)39)25(37)19-12-21(30)24(26(40-4)23(19)33)34-10-11-35(17(3)13-34)28-31-32-29(42-28)41-15-22(36)18-8-6-16(2)7-9-18/h6-9,12,14,17H,5,10-11,13,15H2,1-4H3,(H,38,39). The Kier molecular flexibility index (Phi) is 8.50. The number of aromatic nitrogens is 3. The van der Waals surface area contributed by atoms with E-state index in [9.17, 15) is 19.5 Å². The highest BCUT2D eigenvalue weighted by atomic mass is 32.2. The van der Waals surface area contributed by atoms with E-state index in [1.165, 1.54) is 36.4 Å². The van der Waals surface area contributed by atoms with Crippen LogP contribution in [0.1, 0.15) is 40.1 Å². The molecule has 1 N–H and O–H groups in total. The summed E-state index contributed by atoms with van der Waals surface area (Å²) in [5.41, 5.74) is 1.16. The Labute approximate surface area is 249 Å². The van der Waals surface area contributed by atoms with Crippen LogP contribution in [0.2, 0.25) is 0 Å². The number of ether oxygens (including phenoxy) is 1. The summed E-state index contributed by atoms with van der Waals surface area (Å²) in [6, 6.07) is 8.52. The molecule has 1 aliphatic heterocycles. The van der Waals surface area contributed by atoms with Crippen LogP contribution in [0.15, 0.2) is 45.7 Å². The van der Waals surface area contributed by atoms with Crippen LogP contribution in [0.5, 0.6) is 5.75 Å². The number of carboxylic acid groups (broad SMARTS) is 1. The molecular weight excluding hydrogens is 581 g/mol. The van der Waals surface area contributed by atoms with Gasteiger partial charge in [-0.15, -0.1) is 10.2 Å². The first kappa shape index (κ1) is 29.5. The number of fused-ring (bicyclic) bond motifs is 1. The summed E-state index contributed by atoms with van der Waals surface area (Å²) in [6.45, 7) is 7.57. The molecule has 0 radical (unpaired) electrons. The monoisotopic (exact) mass is 611 g/mol. The van der Waals surface area contributed by atoms with Crippen LogP contribution in [-0.2, 0) is 6.54 Å². The number of anilines is 2. The smallest absolute Gasteiger partial charge is 0.341 e. The Morgan fingerprint density at radius 1 is 1.21 bits per heavy atom. The van der Waals surface area contributed by atoms with E-state index in [-0.39, 0.29) is 34.4 Å².